The fraction of sp³-hybridized carbons (Fsp3) is 0.154. The van der Waals surface area contributed by atoms with Crippen molar-refractivity contribution in [1.29, 1.82) is 0 Å². The highest BCUT2D eigenvalue weighted by Gasteiger charge is 2.33. The van der Waals surface area contributed by atoms with E-state index in [0.717, 1.165) is 6.07 Å². The SMILES string of the molecule is COc1cnccc1C(=O)c1ccc(C(F)(F)F)nc1Cl. The van der Waals surface area contributed by atoms with Gasteiger partial charge >= 0.3 is 6.18 Å². The van der Waals surface area contributed by atoms with Crippen LogP contribution in [0.4, 0.5) is 13.2 Å². The minimum absolute atomic E-state index is 0.135. The van der Waals surface area contributed by atoms with Crippen molar-refractivity contribution < 1.29 is 22.7 Å². The van der Waals surface area contributed by atoms with Crippen molar-refractivity contribution in [2.75, 3.05) is 7.11 Å². The molecule has 0 aliphatic heterocycles. The van der Waals surface area contributed by atoms with Crippen LogP contribution in [-0.4, -0.2) is 22.9 Å². The molecule has 0 amide bonds. The van der Waals surface area contributed by atoms with Crippen LogP contribution in [0.15, 0.2) is 30.6 Å². The predicted molar refractivity (Wildman–Crippen MR) is 68.5 cm³/mol. The zero-order chi connectivity index (χ0) is 15.6. The fourth-order valence-electron chi connectivity index (χ4n) is 1.64. The molecule has 0 radical (unpaired) electrons. The lowest BCUT2D eigenvalue weighted by atomic mass is 10.1. The van der Waals surface area contributed by atoms with Gasteiger partial charge in [-0.15, -0.1) is 0 Å². The molecule has 2 aromatic rings. The predicted octanol–water partition coefficient (Wildman–Crippen LogP) is 3.39. The summed E-state index contributed by atoms with van der Waals surface area (Å²) in [5.74, 6) is -0.404. The largest absolute Gasteiger partial charge is 0.494 e. The lowest BCUT2D eigenvalue weighted by molar-refractivity contribution is -0.141. The number of halogens is 4. The van der Waals surface area contributed by atoms with Crippen LogP contribution < -0.4 is 4.74 Å². The van der Waals surface area contributed by atoms with Crippen molar-refractivity contribution in [3.8, 4) is 5.75 Å². The van der Waals surface area contributed by atoms with Gasteiger partial charge in [-0.3, -0.25) is 9.78 Å². The third kappa shape index (κ3) is 3.13. The molecule has 0 aliphatic carbocycles. The minimum Gasteiger partial charge on any atom is -0.494 e. The lowest BCUT2D eigenvalue weighted by Gasteiger charge is -2.10. The number of methoxy groups -OCH3 is 1. The van der Waals surface area contributed by atoms with Crippen LogP contribution in [0.2, 0.25) is 5.15 Å². The lowest BCUT2D eigenvalue weighted by Crippen LogP contribution is -2.11. The van der Waals surface area contributed by atoms with Gasteiger partial charge in [-0.05, 0) is 18.2 Å². The summed E-state index contributed by atoms with van der Waals surface area (Å²) in [6.07, 6.45) is -1.95. The number of ketones is 1. The molecule has 0 N–H and O–H groups in total. The Bertz CT molecular complexity index is 689. The average Bonchev–Trinajstić information content (AvgIpc) is 2.45. The first-order valence-electron chi connectivity index (χ1n) is 5.61. The van der Waals surface area contributed by atoms with Crippen molar-refractivity contribution >= 4 is 17.4 Å². The van der Waals surface area contributed by atoms with Gasteiger partial charge in [0.1, 0.15) is 16.6 Å². The number of ether oxygens (including phenoxy) is 1. The molecule has 0 bridgehead atoms. The average molecular weight is 317 g/mol. The highest BCUT2D eigenvalue weighted by atomic mass is 35.5. The molecule has 0 unspecified atom stereocenters. The summed E-state index contributed by atoms with van der Waals surface area (Å²) in [6, 6.07) is 3.07. The Balaban J connectivity index is 2.45. The van der Waals surface area contributed by atoms with Gasteiger partial charge in [0.05, 0.1) is 24.4 Å². The Hall–Kier alpha value is -2.15. The van der Waals surface area contributed by atoms with E-state index in [9.17, 15) is 18.0 Å². The van der Waals surface area contributed by atoms with Crippen LogP contribution in [-0.2, 0) is 6.18 Å². The second-order valence-corrected chi connectivity index (χ2v) is 4.30. The van der Waals surface area contributed by atoms with E-state index in [1.54, 1.807) is 0 Å². The maximum atomic E-state index is 12.5. The highest BCUT2D eigenvalue weighted by Crippen LogP contribution is 2.30. The molecule has 21 heavy (non-hydrogen) atoms. The number of carbonyl (C=O) groups is 1. The van der Waals surface area contributed by atoms with Crippen molar-refractivity contribution in [2.24, 2.45) is 0 Å². The van der Waals surface area contributed by atoms with Gasteiger partial charge in [0.2, 0.25) is 0 Å². The first-order valence-corrected chi connectivity index (χ1v) is 5.99. The summed E-state index contributed by atoms with van der Waals surface area (Å²) >= 11 is 5.69. The van der Waals surface area contributed by atoms with Crippen LogP contribution in [0.25, 0.3) is 0 Å². The normalized spacial score (nSPS) is 11.3. The van der Waals surface area contributed by atoms with E-state index in [1.165, 1.54) is 25.6 Å². The van der Waals surface area contributed by atoms with Gasteiger partial charge in [-0.25, -0.2) is 4.98 Å². The first-order chi connectivity index (χ1) is 9.84. The van der Waals surface area contributed by atoms with E-state index in [-0.39, 0.29) is 16.9 Å². The van der Waals surface area contributed by atoms with Crippen molar-refractivity contribution in [3.05, 3.63) is 52.6 Å². The Morgan fingerprint density at radius 2 is 1.95 bits per heavy atom. The van der Waals surface area contributed by atoms with Gasteiger partial charge in [0.25, 0.3) is 0 Å². The molecule has 0 fully saturated rings. The molecule has 0 aromatic carbocycles. The number of nitrogens with zero attached hydrogens (tertiary/aromatic N) is 2. The molecule has 0 atom stereocenters. The Labute approximate surface area is 122 Å². The number of hydrogen-bond donors (Lipinski definition) is 0. The smallest absolute Gasteiger partial charge is 0.433 e. The van der Waals surface area contributed by atoms with E-state index in [1.807, 2.05) is 0 Å². The zero-order valence-electron chi connectivity index (χ0n) is 10.6. The van der Waals surface area contributed by atoms with Crippen molar-refractivity contribution in [3.63, 3.8) is 0 Å². The molecular weight excluding hydrogens is 309 g/mol. The summed E-state index contributed by atoms with van der Waals surface area (Å²) in [7, 11) is 1.35. The van der Waals surface area contributed by atoms with Gasteiger partial charge in [0.15, 0.2) is 5.78 Å². The van der Waals surface area contributed by atoms with Crippen molar-refractivity contribution in [2.45, 2.75) is 6.18 Å². The topological polar surface area (TPSA) is 52.1 Å². The fourth-order valence-corrected chi connectivity index (χ4v) is 1.88. The van der Waals surface area contributed by atoms with E-state index in [2.05, 4.69) is 9.97 Å². The van der Waals surface area contributed by atoms with Crippen LogP contribution in [0.5, 0.6) is 5.75 Å². The Morgan fingerprint density at radius 3 is 2.52 bits per heavy atom. The van der Waals surface area contributed by atoms with Gasteiger partial charge in [-0.2, -0.15) is 13.2 Å². The molecule has 8 heteroatoms. The molecule has 2 aromatic heterocycles. The number of aromatic nitrogens is 2. The molecule has 4 nitrogen and oxygen atoms in total. The maximum Gasteiger partial charge on any atom is 0.433 e. The molecule has 2 heterocycles. The number of carbonyl (C=O) groups excluding carboxylic acids is 1. The molecule has 0 aliphatic rings. The summed E-state index contributed by atoms with van der Waals surface area (Å²) in [5, 5.41) is -0.520. The van der Waals surface area contributed by atoms with Crippen LogP contribution >= 0.6 is 11.6 Å². The van der Waals surface area contributed by atoms with E-state index in [4.69, 9.17) is 16.3 Å². The second-order valence-electron chi connectivity index (χ2n) is 3.94. The summed E-state index contributed by atoms with van der Waals surface area (Å²) < 4.78 is 42.5. The van der Waals surface area contributed by atoms with Crippen LogP contribution in [0.1, 0.15) is 21.6 Å². The van der Waals surface area contributed by atoms with Gasteiger partial charge < -0.3 is 4.74 Å². The van der Waals surface area contributed by atoms with Crippen LogP contribution in [0, 0.1) is 0 Å². The number of alkyl halides is 3. The zero-order valence-corrected chi connectivity index (χ0v) is 11.4. The summed E-state index contributed by atoms with van der Waals surface area (Å²) in [4.78, 5) is 19.3. The second kappa shape index (κ2) is 5.69. The highest BCUT2D eigenvalue weighted by molar-refractivity contribution is 6.34. The third-order valence-electron chi connectivity index (χ3n) is 2.63. The molecule has 2 rings (SSSR count). The van der Waals surface area contributed by atoms with E-state index in [0.29, 0.717) is 6.07 Å². The molecule has 110 valence electrons. The quantitative estimate of drug-likeness (QED) is 0.643. The molecule has 0 spiro atoms. The minimum atomic E-state index is -4.63. The maximum absolute atomic E-state index is 12.5. The van der Waals surface area contributed by atoms with E-state index >= 15 is 0 Å². The van der Waals surface area contributed by atoms with Gasteiger partial charge in [0, 0.05) is 6.20 Å². The number of hydrogen-bond acceptors (Lipinski definition) is 4. The third-order valence-corrected chi connectivity index (χ3v) is 2.92. The summed E-state index contributed by atoms with van der Waals surface area (Å²) in [5.41, 5.74) is -1.17. The molecule has 0 saturated carbocycles. The Morgan fingerprint density at radius 1 is 1.24 bits per heavy atom. The Kier molecular flexibility index (Phi) is 4.13. The number of pyridine rings is 2. The van der Waals surface area contributed by atoms with Gasteiger partial charge in [-0.1, -0.05) is 11.6 Å². The van der Waals surface area contributed by atoms with Crippen LogP contribution in [0.3, 0.4) is 0 Å². The first kappa shape index (κ1) is 15.2. The standard InChI is InChI=1S/C13H8ClF3N2O2/c1-21-9-6-18-5-4-7(9)11(20)8-2-3-10(13(15,16)17)19-12(8)14/h2-6H,1H3. The monoisotopic (exact) mass is 316 g/mol. The molecule has 0 saturated heterocycles. The summed E-state index contributed by atoms with van der Waals surface area (Å²) in [6.45, 7) is 0. The van der Waals surface area contributed by atoms with E-state index < -0.39 is 22.8 Å². The molecular formula is C13H8ClF3N2O2. The number of rotatable bonds is 3. The van der Waals surface area contributed by atoms with Crippen molar-refractivity contribution in [1.82, 2.24) is 9.97 Å².